The number of hydrogen-bond acceptors (Lipinski definition) is 9. The maximum atomic E-state index is 12.1. The quantitative estimate of drug-likeness (QED) is 0.305. The Bertz CT molecular complexity index is 1040. The number of nitrogens with zero attached hydrogens (tertiary/aromatic N) is 3. The number of H-pyrrole nitrogens is 1. The van der Waals surface area contributed by atoms with Crippen LogP contribution in [0.4, 0.5) is 0 Å². The van der Waals surface area contributed by atoms with Gasteiger partial charge in [-0.2, -0.15) is 5.21 Å². The molecule has 2 rings (SSSR count). The third-order valence-corrected chi connectivity index (χ3v) is 6.36. The molecule has 0 saturated heterocycles. The summed E-state index contributed by atoms with van der Waals surface area (Å²) in [6.07, 6.45) is 2.46. The number of Topliss-reactive ketones (excluding diaryl/α,β-unsaturated/α-hetero) is 1. The molecule has 0 bridgehead atoms. The molecule has 0 spiro atoms. The number of amides is 2. The normalized spacial score (nSPS) is 12.1. The Morgan fingerprint density at radius 3 is 2.47 bits per heavy atom. The van der Waals surface area contributed by atoms with Crippen LogP contribution in [0.15, 0.2) is 24.3 Å². The van der Waals surface area contributed by atoms with Gasteiger partial charge < -0.3 is 10.1 Å². The molecule has 12 nitrogen and oxygen atoms in total. The van der Waals surface area contributed by atoms with Gasteiger partial charge in [0.1, 0.15) is 11.5 Å². The molecule has 3 N–H and O–H groups in total. The van der Waals surface area contributed by atoms with Crippen LogP contribution in [0, 0.1) is 5.92 Å². The summed E-state index contributed by atoms with van der Waals surface area (Å²) < 4.78 is 31.3. The van der Waals surface area contributed by atoms with Crippen LogP contribution >= 0.6 is 0 Å². The molecular formula is C21H30N6O6S. The summed E-state index contributed by atoms with van der Waals surface area (Å²) in [5.74, 6) is -0.484. The van der Waals surface area contributed by atoms with E-state index in [4.69, 9.17) is 4.74 Å². The van der Waals surface area contributed by atoms with Crippen molar-refractivity contribution >= 4 is 27.6 Å². The second-order valence-corrected chi connectivity index (χ2v) is 9.70. The van der Waals surface area contributed by atoms with Crippen molar-refractivity contribution in [1.29, 1.82) is 0 Å². The van der Waals surface area contributed by atoms with Gasteiger partial charge in [0.05, 0.1) is 5.75 Å². The summed E-state index contributed by atoms with van der Waals surface area (Å²) in [5.41, 5.74) is 0.694. The van der Waals surface area contributed by atoms with Crippen LogP contribution in [-0.4, -0.2) is 65.5 Å². The summed E-state index contributed by atoms with van der Waals surface area (Å²) >= 11 is 0. The second kappa shape index (κ2) is 13.4. The van der Waals surface area contributed by atoms with Crippen molar-refractivity contribution in [3.63, 3.8) is 0 Å². The number of hydrogen-bond donors (Lipinski definition) is 3. The molecule has 1 aromatic carbocycles. The number of unbranched alkanes of at least 4 members (excludes halogenated alkanes) is 1. The molecule has 0 unspecified atom stereocenters. The molecule has 0 aliphatic heterocycles. The van der Waals surface area contributed by atoms with Crippen molar-refractivity contribution in [3.05, 3.63) is 24.3 Å². The number of ketones is 1. The minimum Gasteiger partial charge on any atom is -0.484 e. The zero-order valence-corrected chi connectivity index (χ0v) is 20.1. The summed E-state index contributed by atoms with van der Waals surface area (Å²) in [7, 11) is -3.88. The number of benzene rings is 1. The predicted molar refractivity (Wildman–Crippen MR) is 123 cm³/mol. The predicted octanol–water partition coefficient (Wildman–Crippen LogP) is 0.983. The van der Waals surface area contributed by atoms with Gasteiger partial charge in [-0.3, -0.25) is 19.1 Å². The maximum absolute atomic E-state index is 12.1. The average molecular weight is 495 g/mol. The lowest BCUT2D eigenvalue weighted by molar-refractivity contribution is -0.121. The highest BCUT2D eigenvalue weighted by Crippen LogP contribution is 2.18. The van der Waals surface area contributed by atoms with Crippen molar-refractivity contribution in [3.8, 4) is 17.1 Å². The van der Waals surface area contributed by atoms with E-state index in [-0.39, 0.29) is 36.2 Å². The van der Waals surface area contributed by atoms with Crippen LogP contribution in [0.5, 0.6) is 5.75 Å². The van der Waals surface area contributed by atoms with Gasteiger partial charge in [-0.15, -0.1) is 10.2 Å². The highest BCUT2D eigenvalue weighted by atomic mass is 32.2. The van der Waals surface area contributed by atoms with E-state index in [9.17, 15) is 22.8 Å². The first kappa shape index (κ1) is 26.9. The lowest BCUT2D eigenvalue weighted by Gasteiger charge is -2.09. The second-order valence-electron chi connectivity index (χ2n) is 7.85. The Morgan fingerprint density at radius 1 is 1.09 bits per heavy atom. The number of sulfonamides is 1. The lowest BCUT2D eigenvalue weighted by atomic mass is 10.0. The van der Waals surface area contributed by atoms with Gasteiger partial charge in [-0.05, 0) is 55.7 Å². The summed E-state index contributed by atoms with van der Waals surface area (Å²) in [4.78, 5) is 34.9. The van der Waals surface area contributed by atoms with Gasteiger partial charge in [0.2, 0.25) is 21.8 Å². The SMILES string of the molecule is CC(=O)[C@@H](C)CCCCNC(=O)CCCS(=O)(=O)NC(=O)COc1ccc(-c2nn[nH]n2)cc1. The van der Waals surface area contributed by atoms with E-state index in [1.807, 2.05) is 11.6 Å². The first-order valence-corrected chi connectivity index (χ1v) is 12.6. The Morgan fingerprint density at radius 2 is 1.82 bits per heavy atom. The van der Waals surface area contributed by atoms with Crippen LogP contribution < -0.4 is 14.8 Å². The van der Waals surface area contributed by atoms with E-state index in [1.54, 1.807) is 31.2 Å². The first-order valence-electron chi connectivity index (χ1n) is 10.9. The lowest BCUT2D eigenvalue weighted by Crippen LogP contribution is -2.36. The van der Waals surface area contributed by atoms with Crippen LogP contribution in [0.2, 0.25) is 0 Å². The van der Waals surface area contributed by atoms with Gasteiger partial charge in [-0.25, -0.2) is 8.42 Å². The summed E-state index contributed by atoms with van der Waals surface area (Å²) in [5, 5.41) is 16.2. The fraction of sp³-hybridized carbons (Fsp3) is 0.524. The molecule has 34 heavy (non-hydrogen) atoms. The Hall–Kier alpha value is -3.35. The molecule has 0 aliphatic carbocycles. The number of carbonyl (C=O) groups is 3. The number of nitrogens with one attached hydrogen (secondary N) is 3. The van der Waals surface area contributed by atoms with E-state index in [0.29, 0.717) is 23.7 Å². The molecule has 0 radical (unpaired) electrons. The van der Waals surface area contributed by atoms with Crippen molar-refractivity contribution in [1.82, 2.24) is 30.7 Å². The molecule has 1 heterocycles. The Balaban J connectivity index is 1.60. The van der Waals surface area contributed by atoms with E-state index < -0.39 is 22.5 Å². The molecular weight excluding hydrogens is 464 g/mol. The zero-order chi connectivity index (χ0) is 25.0. The van der Waals surface area contributed by atoms with Gasteiger partial charge >= 0.3 is 0 Å². The van der Waals surface area contributed by atoms with Crippen molar-refractivity contribution in [2.45, 2.75) is 46.0 Å². The van der Waals surface area contributed by atoms with Crippen LogP contribution in [-0.2, 0) is 24.4 Å². The highest BCUT2D eigenvalue weighted by Gasteiger charge is 2.16. The topological polar surface area (TPSA) is 173 Å². The monoisotopic (exact) mass is 494 g/mol. The molecule has 2 amide bonds. The van der Waals surface area contributed by atoms with E-state index in [1.165, 1.54) is 0 Å². The highest BCUT2D eigenvalue weighted by molar-refractivity contribution is 7.90. The number of rotatable bonds is 15. The minimum absolute atomic E-state index is 0.0184. The molecule has 1 atom stereocenters. The average Bonchev–Trinajstić information content (AvgIpc) is 3.32. The smallest absolute Gasteiger partial charge is 0.271 e. The summed E-state index contributed by atoms with van der Waals surface area (Å²) in [6, 6.07) is 6.53. The summed E-state index contributed by atoms with van der Waals surface area (Å²) in [6.45, 7) is 3.43. The van der Waals surface area contributed by atoms with Crippen LogP contribution in [0.25, 0.3) is 11.4 Å². The van der Waals surface area contributed by atoms with Crippen molar-refractivity contribution in [2.24, 2.45) is 5.92 Å². The van der Waals surface area contributed by atoms with Crippen LogP contribution in [0.1, 0.15) is 46.0 Å². The third kappa shape index (κ3) is 10.1. The van der Waals surface area contributed by atoms with Gasteiger partial charge in [0, 0.05) is 24.4 Å². The number of aromatic nitrogens is 4. The number of tetrazole rings is 1. The standard InChI is InChI=1S/C21H30N6O6S/c1-15(16(2)28)6-3-4-12-22-19(29)7-5-13-34(31,32)25-20(30)14-33-18-10-8-17(9-11-18)21-23-26-27-24-21/h8-11,15H,3-7,12-14H2,1-2H3,(H,22,29)(H,25,30)(H,23,24,26,27)/t15-/m0/s1. The van der Waals surface area contributed by atoms with Gasteiger partial charge in [0.25, 0.3) is 5.91 Å². The zero-order valence-electron chi connectivity index (χ0n) is 19.2. The van der Waals surface area contributed by atoms with E-state index >= 15 is 0 Å². The Labute approximate surface area is 198 Å². The van der Waals surface area contributed by atoms with Crippen molar-refractivity contribution < 1.29 is 27.5 Å². The molecule has 0 saturated carbocycles. The molecule has 13 heteroatoms. The molecule has 1 aromatic heterocycles. The third-order valence-electron chi connectivity index (χ3n) is 4.99. The molecule has 0 aliphatic rings. The maximum Gasteiger partial charge on any atom is 0.271 e. The molecule has 2 aromatic rings. The number of aromatic amines is 1. The van der Waals surface area contributed by atoms with E-state index in [0.717, 1.165) is 19.3 Å². The molecule has 186 valence electrons. The largest absolute Gasteiger partial charge is 0.484 e. The number of ether oxygens (including phenoxy) is 1. The fourth-order valence-corrected chi connectivity index (χ4v) is 3.94. The van der Waals surface area contributed by atoms with Gasteiger partial charge in [0.15, 0.2) is 6.61 Å². The Kier molecular flexibility index (Phi) is 10.6. The van der Waals surface area contributed by atoms with Gasteiger partial charge in [-0.1, -0.05) is 13.3 Å². The van der Waals surface area contributed by atoms with Crippen LogP contribution in [0.3, 0.4) is 0 Å². The van der Waals surface area contributed by atoms with Crippen molar-refractivity contribution in [2.75, 3.05) is 18.9 Å². The fourth-order valence-electron chi connectivity index (χ4n) is 2.90. The molecule has 0 fully saturated rings. The first-order chi connectivity index (χ1) is 16.2. The minimum atomic E-state index is -3.88. The number of carbonyl (C=O) groups excluding carboxylic acids is 3. The van der Waals surface area contributed by atoms with E-state index in [2.05, 4.69) is 25.9 Å².